The topological polar surface area (TPSA) is 112 Å². The van der Waals surface area contributed by atoms with Crippen molar-refractivity contribution in [1.29, 1.82) is 0 Å². The SMILES string of the molecule is CC(C(=O)O)N(c1ccc(Cl)c(C(=O)O)c1)S(=O)(=O)c1ccccc1. The fourth-order valence-corrected chi connectivity index (χ4v) is 4.02. The molecule has 0 aliphatic rings. The number of aliphatic carboxylic acids is 1. The second-order valence-electron chi connectivity index (χ2n) is 5.10. The van der Waals surface area contributed by atoms with Crippen LogP contribution < -0.4 is 4.31 Å². The lowest BCUT2D eigenvalue weighted by Crippen LogP contribution is -2.43. The van der Waals surface area contributed by atoms with Crippen LogP contribution in [0.25, 0.3) is 0 Å². The molecule has 0 amide bonds. The Hall–Kier alpha value is -2.58. The molecular formula is C16H14ClNO6S. The minimum absolute atomic E-state index is 0.0868. The molecule has 2 rings (SSSR count). The van der Waals surface area contributed by atoms with E-state index >= 15 is 0 Å². The number of sulfonamides is 1. The molecule has 25 heavy (non-hydrogen) atoms. The van der Waals surface area contributed by atoms with Crippen molar-refractivity contribution >= 4 is 39.3 Å². The summed E-state index contributed by atoms with van der Waals surface area (Å²) >= 11 is 5.80. The van der Waals surface area contributed by atoms with Gasteiger partial charge in [-0.25, -0.2) is 18.0 Å². The highest BCUT2D eigenvalue weighted by atomic mass is 35.5. The number of hydrogen-bond donors (Lipinski definition) is 2. The van der Waals surface area contributed by atoms with Crippen LogP contribution in [-0.4, -0.2) is 36.6 Å². The van der Waals surface area contributed by atoms with Crippen molar-refractivity contribution < 1.29 is 28.2 Å². The van der Waals surface area contributed by atoms with E-state index in [9.17, 15) is 28.2 Å². The summed E-state index contributed by atoms with van der Waals surface area (Å²) in [6.07, 6.45) is 0. The summed E-state index contributed by atoms with van der Waals surface area (Å²) in [5, 5.41) is 18.4. The normalized spacial score (nSPS) is 12.4. The van der Waals surface area contributed by atoms with Gasteiger partial charge in [-0.1, -0.05) is 29.8 Å². The Kier molecular flexibility index (Phi) is 5.34. The van der Waals surface area contributed by atoms with Gasteiger partial charge in [0.2, 0.25) is 0 Å². The van der Waals surface area contributed by atoms with Crippen LogP contribution in [0.2, 0.25) is 5.02 Å². The lowest BCUT2D eigenvalue weighted by Gasteiger charge is -2.28. The van der Waals surface area contributed by atoms with E-state index in [0.29, 0.717) is 4.31 Å². The number of carboxylic acids is 2. The smallest absolute Gasteiger partial charge is 0.337 e. The average Bonchev–Trinajstić information content (AvgIpc) is 2.56. The molecule has 9 heteroatoms. The first-order chi connectivity index (χ1) is 11.7. The van der Waals surface area contributed by atoms with Crippen molar-refractivity contribution in [3.05, 3.63) is 59.1 Å². The molecule has 2 N–H and O–H groups in total. The summed E-state index contributed by atoms with van der Waals surface area (Å²) in [5.41, 5.74) is -0.439. The van der Waals surface area contributed by atoms with E-state index in [2.05, 4.69) is 0 Å². The summed E-state index contributed by atoms with van der Waals surface area (Å²) in [6.45, 7) is 1.19. The first-order valence-corrected chi connectivity index (χ1v) is 8.83. The van der Waals surface area contributed by atoms with Crippen LogP contribution in [0.4, 0.5) is 5.69 Å². The second-order valence-corrected chi connectivity index (χ2v) is 7.32. The second kappa shape index (κ2) is 7.12. The molecule has 0 aliphatic heterocycles. The Balaban J connectivity index is 2.69. The molecular weight excluding hydrogens is 370 g/mol. The zero-order chi connectivity index (χ0) is 18.8. The highest BCUT2D eigenvalue weighted by Crippen LogP contribution is 2.30. The number of benzene rings is 2. The van der Waals surface area contributed by atoms with Crippen molar-refractivity contribution in [3.63, 3.8) is 0 Å². The summed E-state index contributed by atoms with van der Waals surface area (Å²) in [7, 11) is -4.24. The Morgan fingerprint density at radius 2 is 1.68 bits per heavy atom. The molecule has 0 aliphatic carbocycles. The standard InChI is InChI=1S/C16H14ClNO6S/c1-10(15(19)20)18(25(23,24)12-5-3-2-4-6-12)11-7-8-14(17)13(9-11)16(21)22/h2-10H,1H3,(H,19,20)(H,21,22). The minimum atomic E-state index is -4.24. The fraction of sp³-hybridized carbons (Fsp3) is 0.125. The molecule has 0 radical (unpaired) electrons. The molecule has 0 saturated heterocycles. The number of halogens is 1. The molecule has 0 aromatic heterocycles. The van der Waals surface area contributed by atoms with Gasteiger partial charge in [-0.15, -0.1) is 0 Å². The molecule has 7 nitrogen and oxygen atoms in total. The minimum Gasteiger partial charge on any atom is -0.480 e. The van der Waals surface area contributed by atoms with Crippen LogP contribution >= 0.6 is 11.6 Å². The highest BCUT2D eigenvalue weighted by molar-refractivity contribution is 7.92. The molecule has 0 fully saturated rings. The van der Waals surface area contributed by atoms with Gasteiger partial charge in [0.05, 0.1) is 21.2 Å². The number of carboxylic acid groups (broad SMARTS) is 2. The van der Waals surface area contributed by atoms with Gasteiger partial charge in [-0.05, 0) is 37.3 Å². The van der Waals surface area contributed by atoms with Gasteiger partial charge >= 0.3 is 11.9 Å². The van der Waals surface area contributed by atoms with Crippen LogP contribution in [0.1, 0.15) is 17.3 Å². The summed E-state index contributed by atoms with van der Waals surface area (Å²) in [5.74, 6) is -2.74. The van der Waals surface area contributed by atoms with E-state index in [4.69, 9.17) is 11.6 Å². The van der Waals surface area contributed by atoms with Crippen molar-refractivity contribution in [2.24, 2.45) is 0 Å². The van der Waals surface area contributed by atoms with Crippen LogP contribution in [0, 0.1) is 0 Å². The lowest BCUT2D eigenvalue weighted by molar-refractivity contribution is -0.137. The van der Waals surface area contributed by atoms with Crippen molar-refractivity contribution in [2.45, 2.75) is 17.9 Å². The molecule has 0 bridgehead atoms. The first kappa shape index (κ1) is 18.8. The molecule has 0 spiro atoms. The van der Waals surface area contributed by atoms with Gasteiger partial charge < -0.3 is 10.2 Å². The quantitative estimate of drug-likeness (QED) is 0.793. The van der Waals surface area contributed by atoms with E-state index in [1.807, 2.05) is 0 Å². The van der Waals surface area contributed by atoms with E-state index in [1.54, 1.807) is 6.07 Å². The maximum Gasteiger partial charge on any atom is 0.337 e. The van der Waals surface area contributed by atoms with Crippen molar-refractivity contribution in [1.82, 2.24) is 0 Å². The molecule has 1 atom stereocenters. The van der Waals surface area contributed by atoms with Gasteiger partial charge in [0.15, 0.2) is 0 Å². The first-order valence-electron chi connectivity index (χ1n) is 7.01. The maximum atomic E-state index is 12.9. The zero-order valence-electron chi connectivity index (χ0n) is 13.0. The Morgan fingerprint density at radius 1 is 1.08 bits per heavy atom. The summed E-state index contributed by atoms with van der Waals surface area (Å²) in [4.78, 5) is 22.6. The molecule has 0 saturated carbocycles. The zero-order valence-corrected chi connectivity index (χ0v) is 14.5. The average molecular weight is 384 g/mol. The van der Waals surface area contributed by atoms with Gasteiger partial charge in [0, 0.05) is 0 Å². The third-order valence-corrected chi connectivity index (χ3v) is 5.69. The van der Waals surface area contributed by atoms with E-state index in [0.717, 1.165) is 6.07 Å². The van der Waals surface area contributed by atoms with Gasteiger partial charge in [0.1, 0.15) is 6.04 Å². The van der Waals surface area contributed by atoms with Gasteiger partial charge in [0.25, 0.3) is 10.0 Å². The molecule has 2 aromatic carbocycles. The third-order valence-electron chi connectivity index (χ3n) is 3.44. The molecule has 1 unspecified atom stereocenters. The largest absolute Gasteiger partial charge is 0.480 e. The maximum absolute atomic E-state index is 12.9. The number of nitrogens with zero attached hydrogens (tertiary/aromatic N) is 1. The van der Waals surface area contributed by atoms with E-state index < -0.39 is 28.0 Å². The Labute approximate surface area is 149 Å². The number of anilines is 1. The monoisotopic (exact) mass is 383 g/mol. The molecule has 0 heterocycles. The fourth-order valence-electron chi connectivity index (χ4n) is 2.19. The highest BCUT2D eigenvalue weighted by Gasteiger charge is 2.33. The third kappa shape index (κ3) is 3.75. The van der Waals surface area contributed by atoms with E-state index in [-0.39, 0.29) is 21.2 Å². The predicted octanol–water partition coefficient (Wildman–Crippen LogP) is 2.71. The van der Waals surface area contributed by atoms with Crippen molar-refractivity contribution in [2.75, 3.05) is 4.31 Å². The summed E-state index contributed by atoms with van der Waals surface area (Å²) in [6, 6.07) is 9.31. The van der Waals surface area contributed by atoms with Crippen LogP contribution in [0.5, 0.6) is 0 Å². The summed E-state index contributed by atoms with van der Waals surface area (Å²) < 4.78 is 26.5. The number of carbonyl (C=O) groups is 2. The van der Waals surface area contributed by atoms with Crippen LogP contribution in [-0.2, 0) is 14.8 Å². The lowest BCUT2D eigenvalue weighted by atomic mass is 10.2. The Morgan fingerprint density at radius 3 is 2.20 bits per heavy atom. The predicted molar refractivity (Wildman–Crippen MR) is 91.6 cm³/mol. The van der Waals surface area contributed by atoms with E-state index in [1.165, 1.54) is 43.3 Å². The van der Waals surface area contributed by atoms with Crippen LogP contribution in [0.3, 0.4) is 0 Å². The number of rotatable bonds is 6. The molecule has 132 valence electrons. The van der Waals surface area contributed by atoms with Crippen molar-refractivity contribution in [3.8, 4) is 0 Å². The number of hydrogen-bond acceptors (Lipinski definition) is 4. The van der Waals surface area contributed by atoms with Crippen LogP contribution in [0.15, 0.2) is 53.4 Å². The van der Waals surface area contributed by atoms with Gasteiger partial charge in [-0.2, -0.15) is 0 Å². The number of aromatic carboxylic acids is 1. The van der Waals surface area contributed by atoms with Gasteiger partial charge in [-0.3, -0.25) is 4.31 Å². The Bertz CT molecular complexity index is 913. The molecule has 2 aromatic rings.